The molecule has 1 aromatic carbocycles. The Labute approximate surface area is 118 Å². The highest BCUT2D eigenvalue weighted by Crippen LogP contribution is 2.37. The monoisotopic (exact) mass is 276 g/mol. The molecular weight excluding hydrogens is 256 g/mol. The molecule has 0 saturated carbocycles. The molecule has 0 saturated heterocycles. The van der Waals surface area contributed by atoms with Crippen molar-refractivity contribution in [3.05, 3.63) is 33.9 Å². The Morgan fingerprint density at radius 2 is 2.00 bits per heavy atom. The van der Waals surface area contributed by atoms with Crippen molar-refractivity contribution in [1.82, 2.24) is 0 Å². The summed E-state index contributed by atoms with van der Waals surface area (Å²) in [7, 11) is 0. The number of carbonyl (C=O) groups is 1. The second-order valence-corrected chi connectivity index (χ2v) is 5.27. The van der Waals surface area contributed by atoms with E-state index in [9.17, 15) is 14.9 Å². The topological polar surface area (TPSA) is 72.2 Å². The Balaban J connectivity index is 2.03. The van der Waals surface area contributed by atoms with Gasteiger partial charge >= 0.3 is 0 Å². The lowest BCUT2D eigenvalue weighted by Crippen LogP contribution is -2.11. The molecule has 20 heavy (non-hydrogen) atoms. The maximum Gasteiger partial charge on any atom is 0.269 e. The lowest BCUT2D eigenvalue weighted by molar-refractivity contribution is -0.384. The molecule has 5 heteroatoms. The summed E-state index contributed by atoms with van der Waals surface area (Å²) >= 11 is 0. The third kappa shape index (κ3) is 3.15. The molecule has 1 aliphatic rings. The van der Waals surface area contributed by atoms with Crippen LogP contribution in [-0.2, 0) is 4.79 Å². The lowest BCUT2D eigenvalue weighted by Gasteiger charge is -2.08. The summed E-state index contributed by atoms with van der Waals surface area (Å²) in [5.74, 6) is -0.262. The lowest BCUT2D eigenvalue weighted by atomic mass is 9.94. The van der Waals surface area contributed by atoms with E-state index in [1.165, 1.54) is 31.4 Å². The van der Waals surface area contributed by atoms with Crippen LogP contribution in [0.5, 0.6) is 0 Å². The SMILES string of the molecule is CCCCCCCC1C(=O)Nc2ccc([N+](=O)[O-])cc21. The predicted octanol–water partition coefficient (Wildman–Crippen LogP) is 3.99. The van der Waals surface area contributed by atoms with Gasteiger partial charge in [0.05, 0.1) is 10.8 Å². The number of non-ortho nitro benzene ring substituents is 1. The molecule has 1 N–H and O–H groups in total. The van der Waals surface area contributed by atoms with E-state index in [2.05, 4.69) is 12.2 Å². The van der Waals surface area contributed by atoms with Gasteiger partial charge in [0.1, 0.15) is 0 Å². The predicted molar refractivity (Wildman–Crippen MR) is 77.8 cm³/mol. The van der Waals surface area contributed by atoms with Crippen LogP contribution in [0.1, 0.15) is 56.9 Å². The number of hydrogen-bond donors (Lipinski definition) is 1. The van der Waals surface area contributed by atoms with Crippen molar-refractivity contribution in [2.45, 2.75) is 51.4 Å². The first-order valence-electron chi connectivity index (χ1n) is 7.22. The van der Waals surface area contributed by atoms with Gasteiger partial charge in [-0.15, -0.1) is 0 Å². The van der Waals surface area contributed by atoms with Crippen molar-refractivity contribution in [1.29, 1.82) is 0 Å². The number of amides is 1. The number of nitrogens with zero attached hydrogens (tertiary/aromatic N) is 1. The van der Waals surface area contributed by atoms with Gasteiger partial charge in [-0.2, -0.15) is 0 Å². The average Bonchev–Trinajstić information content (AvgIpc) is 2.73. The van der Waals surface area contributed by atoms with Gasteiger partial charge < -0.3 is 5.32 Å². The third-order valence-corrected chi connectivity index (χ3v) is 3.79. The number of hydrogen-bond acceptors (Lipinski definition) is 3. The molecule has 0 spiro atoms. The molecular formula is C15H20N2O3. The van der Waals surface area contributed by atoms with Gasteiger partial charge in [0.15, 0.2) is 0 Å². The Kier molecular flexibility index (Phi) is 4.71. The van der Waals surface area contributed by atoms with Gasteiger partial charge in [-0.05, 0) is 18.1 Å². The van der Waals surface area contributed by atoms with Gasteiger partial charge in [0.25, 0.3) is 5.69 Å². The van der Waals surface area contributed by atoms with Crippen molar-refractivity contribution in [3.63, 3.8) is 0 Å². The maximum absolute atomic E-state index is 12.0. The fourth-order valence-electron chi connectivity index (χ4n) is 2.67. The Bertz CT molecular complexity index is 514. The minimum Gasteiger partial charge on any atom is -0.325 e. The fourth-order valence-corrected chi connectivity index (χ4v) is 2.67. The highest BCUT2D eigenvalue weighted by molar-refractivity contribution is 6.03. The number of carbonyl (C=O) groups excluding carboxylic acids is 1. The zero-order valence-corrected chi connectivity index (χ0v) is 11.7. The van der Waals surface area contributed by atoms with Gasteiger partial charge in [-0.25, -0.2) is 0 Å². The summed E-state index contributed by atoms with van der Waals surface area (Å²) in [4.78, 5) is 22.4. The van der Waals surface area contributed by atoms with E-state index in [4.69, 9.17) is 0 Å². The molecule has 108 valence electrons. The van der Waals surface area contributed by atoms with Crippen LogP contribution in [0.3, 0.4) is 0 Å². The van der Waals surface area contributed by atoms with Gasteiger partial charge in [-0.1, -0.05) is 39.0 Å². The molecule has 1 unspecified atom stereocenters. The van der Waals surface area contributed by atoms with Gasteiger partial charge in [0, 0.05) is 17.8 Å². The van der Waals surface area contributed by atoms with Crippen LogP contribution in [0.4, 0.5) is 11.4 Å². The third-order valence-electron chi connectivity index (χ3n) is 3.79. The molecule has 1 amide bonds. The molecule has 1 aliphatic heterocycles. The highest BCUT2D eigenvalue weighted by atomic mass is 16.6. The number of nitro groups is 1. The summed E-state index contributed by atoms with van der Waals surface area (Å²) < 4.78 is 0. The van der Waals surface area contributed by atoms with Crippen molar-refractivity contribution in [3.8, 4) is 0 Å². The molecule has 0 aliphatic carbocycles. The van der Waals surface area contributed by atoms with Crippen LogP contribution in [0, 0.1) is 10.1 Å². The van der Waals surface area contributed by atoms with E-state index in [1.54, 1.807) is 6.07 Å². The first-order chi connectivity index (χ1) is 9.63. The summed E-state index contributed by atoms with van der Waals surface area (Å²) in [6.45, 7) is 2.17. The van der Waals surface area contributed by atoms with E-state index < -0.39 is 4.92 Å². The fraction of sp³-hybridized carbons (Fsp3) is 0.533. The number of unbranched alkanes of at least 4 members (excludes halogenated alkanes) is 4. The number of anilines is 1. The number of fused-ring (bicyclic) bond motifs is 1. The van der Waals surface area contributed by atoms with E-state index in [0.717, 1.165) is 30.5 Å². The van der Waals surface area contributed by atoms with E-state index in [-0.39, 0.29) is 17.5 Å². The molecule has 0 aromatic heterocycles. The number of benzene rings is 1. The van der Waals surface area contributed by atoms with Crippen molar-refractivity contribution >= 4 is 17.3 Å². The summed E-state index contributed by atoms with van der Waals surface area (Å²) in [5, 5.41) is 13.6. The van der Waals surface area contributed by atoms with E-state index >= 15 is 0 Å². The number of nitrogens with one attached hydrogen (secondary N) is 1. The van der Waals surface area contributed by atoms with Crippen LogP contribution in [0.2, 0.25) is 0 Å². The Morgan fingerprint density at radius 3 is 2.70 bits per heavy atom. The molecule has 1 aromatic rings. The second-order valence-electron chi connectivity index (χ2n) is 5.27. The zero-order valence-electron chi connectivity index (χ0n) is 11.7. The zero-order chi connectivity index (χ0) is 14.5. The van der Waals surface area contributed by atoms with Crippen molar-refractivity contribution in [2.24, 2.45) is 0 Å². The molecule has 1 heterocycles. The molecule has 0 bridgehead atoms. The molecule has 2 rings (SSSR count). The first kappa shape index (κ1) is 14.5. The molecule has 0 fully saturated rings. The maximum atomic E-state index is 12.0. The summed E-state index contributed by atoms with van der Waals surface area (Å²) in [6.07, 6.45) is 6.47. The smallest absolute Gasteiger partial charge is 0.269 e. The Morgan fingerprint density at radius 1 is 1.25 bits per heavy atom. The summed E-state index contributed by atoms with van der Waals surface area (Å²) in [5.41, 5.74) is 1.55. The molecule has 5 nitrogen and oxygen atoms in total. The molecule has 0 radical (unpaired) electrons. The van der Waals surface area contributed by atoms with Crippen LogP contribution in [0.15, 0.2) is 18.2 Å². The summed E-state index contributed by atoms with van der Waals surface area (Å²) in [6, 6.07) is 4.59. The average molecular weight is 276 g/mol. The van der Waals surface area contributed by atoms with Crippen molar-refractivity contribution in [2.75, 3.05) is 5.32 Å². The normalized spacial score (nSPS) is 16.9. The van der Waals surface area contributed by atoms with Gasteiger partial charge in [-0.3, -0.25) is 14.9 Å². The van der Waals surface area contributed by atoms with E-state index in [0.29, 0.717) is 0 Å². The van der Waals surface area contributed by atoms with Crippen LogP contribution >= 0.6 is 0 Å². The minimum absolute atomic E-state index is 0.0315. The Hall–Kier alpha value is -1.91. The van der Waals surface area contributed by atoms with Crippen LogP contribution in [0.25, 0.3) is 0 Å². The second kappa shape index (κ2) is 6.50. The quantitative estimate of drug-likeness (QED) is 0.465. The highest BCUT2D eigenvalue weighted by Gasteiger charge is 2.31. The minimum atomic E-state index is -0.415. The van der Waals surface area contributed by atoms with Gasteiger partial charge in [0.2, 0.25) is 5.91 Å². The number of nitro benzene ring substituents is 1. The van der Waals surface area contributed by atoms with Crippen LogP contribution in [-0.4, -0.2) is 10.8 Å². The van der Waals surface area contributed by atoms with Crippen LogP contribution < -0.4 is 5.32 Å². The number of rotatable bonds is 7. The van der Waals surface area contributed by atoms with E-state index in [1.807, 2.05) is 0 Å². The largest absolute Gasteiger partial charge is 0.325 e. The molecule has 1 atom stereocenters. The first-order valence-corrected chi connectivity index (χ1v) is 7.22. The van der Waals surface area contributed by atoms with Crippen molar-refractivity contribution < 1.29 is 9.72 Å². The standard InChI is InChI=1S/C15H20N2O3/c1-2-3-4-5-6-7-12-13-10-11(17(19)20)8-9-14(13)16-15(12)18/h8-10,12H,2-7H2,1H3,(H,16,18).